The average Bonchev–Trinajstić information content (AvgIpc) is 2.43. The number of carbonyl (C=O) groups excluding carboxylic acids is 1. The van der Waals surface area contributed by atoms with Crippen LogP contribution < -0.4 is 5.32 Å². The van der Waals surface area contributed by atoms with E-state index in [9.17, 15) is 4.79 Å². The fraction of sp³-hybridized carbons (Fsp3) is 0.667. The van der Waals surface area contributed by atoms with Crippen molar-refractivity contribution in [2.24, 2.45) is 5.92 Å². The second kappa shape index (κ2) is 4.26. The van der Waals surface area contributed by atoms with Crippen LogP contribution in [-0.4, -0.2) is 37.5 Å². The Morgan fingerprint density at radius 2 is 2.58 bits per heavy atom. The van der Waals surface area contributed by atoms with E-state index in [-0.39, 0.29) is 5.91 Å². The van der Waals surface area contributed by atoms with Gasteiger partial charge < -0.3 is 10.2 Å². The van der Waals surface area contributed by atoms with Crippen LogP contribution in [-0.2, 0) is 4.79 Å². The molecule has 1 fully saturated rings. The molecule has 0 aromatic carbocycles. The van der Waals surface area contributed by atoms with Gasteiger partial charge in [0.05, 0.1) is 0 Å². The van der Waals surface area contributed by atoms with Gasteiger partial charge in [0.2, 0.25) is 5.91 Å². The summed E-state index contributed by atoms with van der Waals surface area (Å²) in [5.41, 5.74) is 0. The third-order valence-corrected chi connectivity index (χ3v) is 2.21. The first-order valence-corrected chi connectivity index (χ1v) is 4.33. The van der Waals surface area contributed by atoms with Crippen LogP contribution >= 0.6 is 0 Å². The van der Waals surface area contributed by atoms with Gasteiger partial charge in [0, 0.05) is 32.0 Å². The summed E-state index contributed by atoms with van der Waals surface area (Å²) in [4.78, 5) is 13.2. The first kappa shape index (κ1) is 9.26. The van der Waals surface area contributed by atoms with Crippen LogP contribution in [0.3, 0.4) is 0 Å². The first-order chi connectivity index (χ1) is 5.77. The van der Waals surface area contributed by atoms with Crippen molar-refractivity contribution >= 4 is 5.91 Å². The highest BCUT2D eigenvalue weighted by Crippen LogP contribution is 2.17. The summed E-state index contributed by atoms with van der Waals surface area (Å²) in [5.74, 6) is 0.629. The maximum absolute atomic E-state index is 11.3. The molecule has 0 radical (unpaired) electrons. The molecular weight excluding hydrogens is 152 g/mol. The lowest BCUT2D eigenvalue weighted by Gasteiger charge is -2.15. The molecule has 1 unspecified atom stereocenters. The minimum absolute atomic E-state index is 0.259. The Hall–Kier alpha value is -0.830. The number of amides is 1. The molecule has 3 heteroatoms. The summed E-state index contributed by atoms with van der Waals surface area (Å²) in [6, 6.07) is 0. The fourth-order valence-electron chi connectivity index (χ4n) is 1.42. The molecule has 0 spiro atoms. The van der Waals surface area contributed by atoms with Crippen molar-refractivity contribution in [3.8, 4) is 0 Å². The molecule has 0 aromatic rings. The van der Waals surface area contributed by atoms with Crippen molar-refractivity contribution in [2.45, 2.75) is 6.42 Å². The highest BCUT2D eigenvalue weighted by Gasteiger charge is 2.26. The van der Waals surface area contributed by atoms with Crippen LogP contribution in [0.15, 0.2) is 12.7 Å². The Labute approximate surface area is 73.4 Å². The molecular formula is C9H16N2O. The van der Waals surface area contributed by atoms with E-state index in [2.05, 4.69) is 11.9 Å². The maximum atomic E-state index is 11.3. The molecule has 0 aliphatic carbocycles. The van der Waals surface area contributed by atoms with E-state index >= 15 is 0 Å². The second-order valence-corrected chi connectivity index (χ2v) is 3.14. The standard InChI is InChI=1S/C9H16N2O/c1-3-8-6-9(12)11(7-8)5-4-10-2/h3,8,10H,1,4-7H2,2H3. The zero-order valence-electron chi connectivity index (χ0n) is 7.55. The number of likely N-dealkylation sites (N-methyl/N-ethyl adjacent to an activating group) is 1. The maximum Gasteiger partial charge on any atom is 0.223 e. The minimum Gasteiger partial charge on any atom is -0.341 e. The molecule has 1 atom stereocenters. The molecule has 3 nitrogen and oxygen atoms in total. The van der Waals surface area contributed by atoms with E-state index in [1.165, 1.54) is 0 Å². The third-order valence-electron chi connectivity index (χ3n) is 2.21. The summed E-state index contributed by atoms with van der Waals surface area (Å²) in [6.07, 6.45) is 2.52. The molecule has 1 N–H and O–H groups in total. The van der Waals surface area contributed by atoms with Gasteiger partial charge in [-0.2, -0.15) is 0 Å². The quantitative estimate of drug-likeness (QED) is 0.610. The molecule has 1 aliphatic rings. The Morgan fingerprint density at radius 3 is 3.08 bits per heavy atom. The van der Waals surface area contributed by atoms with Crippen molar-refractivity contribution in [3.05, 3.63) is 12.7 Å². The lowest BCUT2D eigenvalue weighted by atomic mass is 10.1. The number of hydrogen-bond acceptors (Lipinski definition) is 2. The summed E-state index contributed by atoms with van der Waals surface area (Å²) in [7, 11) is 1.89. The van der Waals surface area contributed by atoms with Crippen LogP contribution in [0.1, 0.15) is 6.42 Å². The molecule has 1 heterocycles. The predicted octanol–water partition coefficient (Wildman–Crippen LogP) is 0.240. The zero-order valence-corrected chi connectivity index (χ0v) is 7.55. The second-order valence-electron chi connectivity index (χ2n) is 3.14. The molecule has 1 amide bonds. The Balaban J connectivity index is 2.35. The number of nitrogens with one attached hydrogen (secondary N) is 1. The normalized spacial score (nSPS) is 23.2. The first-order valence-electron chi connectivity index (χ1n) is 4.33. The third kappa shape index (κ3) is 2.08. The van der Waals surface area contributed by atoms with Gasteiger partial charge in [-0.15, -0.1) is 6.58 Å². The molecule has 1 rings (SSSR count). The minimum atomic E-state index is 0.259. The van der Waals surface area contributed by atoms with Crippen LogP contribution in [0.5, 0.6) is 0 Å². The smallest absolute Gasteiger partial charge is 0.223 e. The fourth-order valence-corrected chi connectivity index (χ4v) is 1.42. The van der Waals surface area contributed by atoms with Gasteiger partial charge in [0.1, 0.15) is 0 Å². The lowest BCUT2D eigenvalue weighted by molar-refractivity contribution is -0.127. The molecule has 0 bridgehead atoms. The van der Waals surface area contributed by atoms with Gasteiger partial charge in [-0.1, -0.05) is 6.08 Å². The van der Waals surface area contributed by atoms with Gasteiger partial charge in [0.15, 0.2) is 0 Å². The summed E-state index contributed by atoms with van der Waals surface area (Å²) in [5, 5.41) is 3.03. The van der Waals surface area contributed by atoms with Gasteiger partial charge in [-0.3, -0.25) is 4.79 Å². The number of hydrogen-bond donors (Lipinski definition) is 1. The van der Waals surface area contributed by atoms with E-state index in [1.807, 2.05) is 18.0 Å². The molecule has 1 saturated heterocycles. The lowest BCUT2D eigenvalue weighted by Crippen LogP contribution is -2.31. The SMILES string of the molecule is C=CC1CC(=O)N(CCNC)C1. The van der Waals surface area contributed by atoms with Crippen LogP contribution in [0, 0.1) is 5.92 Å². The number of nitrogens with zero attached hydrogens (tertiary/aromatic N) is 1. The highest BCUT2D eigenvalue weighted by molar-refractivity contribution is 5.78. The monoisotopic (exact) mass is 168 g/mol. The largest absolute Gasteiger partial charge is 0.341 e. The van der Waals surface area contributed by atoms with Crippen LogP contribution in [0.2, 0.25) is 0 Å². The number of carbonyl (C=O) groups is 1. The van der Waals surface area contributed by atoms with E-state index in [0.717, 1.165) is 19.6 Å². The Morgan fingerprint density at radius 1 is 1.83 bits per heavy atom. The topological polar surface area (TPSA) is 32.3 Å². The van der Waals surface area contributed by atoms with Gasteiger partial charge in [0.25, 0.3) is 0 Å². The van der Waals surface area contributed by atoms with Crippen LogP contribution in [0.4, 0.5) is 0 Å². The van der Waals surface area contributed by atoms with Crippen molar-refractivity contribution < 1.29 is 4.79 Å². The number of likely N-dealkylation sites (tertiary alicyclic amines) is 1. The van der Waals surface area contributed by atoms with Gasteiger partial charge >= 0.3 is 0 Å². The van der Waals surface area contributed by atoms with Gasteiger partial charge in [-0.05, 0) is 7.05 Å². The summed E-state index contributed by atoms with van der Waals surface area (Å²) >= 11 is 0. The highest BCUT2D eigenvalue weighted by atomic mass is 16.2. The van der Waals surface area contributed by atoms with E-state index in [4.69, 9.17) is 0 Å². The summed E-state index contributed by atoms with van der Waals surface area (Å²) in [6.45, 7) is 6.24. The van der Waals surface area contributed by atoms with Crippen molar-refractivity contribution in [1.29, 1.82) is 0 Å². The van der Waals surface area contributed by atoms with E-state index < -0.39 is 0 Å². The predicted molar refractivity (Wildman–Crippen MR) is 48.8 cm³/mol. The van der Waals surface area contributed by atoms with E-state index in [0.29, 0.717) is 12.3 Å². The average molecular weight is 168 g/mol. The summed E-state index contributed by atoms with van der Waals surface area (Å²) < 4.78 is 0. The number of rotatable bonds is 4. The van der Waals surface area contributed by atoms with Gasteiger partial charge in [-0.25, -0.2) is 0 Å². The molecule has 12 heavy (non-hydrogen) atoms. The van der Waals surface area contributed by atoms with Crippen molar-refractivity contribution in [2.75, 3.05) is 26.7 Å². The van der Waals surface area contributed by atoms with Crippen LogP contribution in [0.25, 0.3) is 0 Å². The Bertz CT molecular complexity index is 179. The molecule has 0 saturated carbocycles. The molecule has 0 aromatic heterocycles. The van der Waals surface area contributed by atoms with Crippen molar-refractivity contribution in [1.82, 2.24) is 10.2 Å². The van der Waals surface area contributed by atoms with Crippen molar-refractivity contribution in [3.63, 3.8) is 0 Å². The Kier molecular flexibility index (Phi) is 3.29. The molecule has 68 valence electrons. The molecule has 1 aliphatic heterocycles. The van der Waals surface area contributed by atoms with E-state index in [1.54, 1.807) is 0 Å². The zero-order chi connectivity index (χ0) is 8.97.